The van der Waals surface area contributed by atoms with Crippen molar-refractivity contribution >= 4 is 10.0 Å². The third-order valence-electron chi connectivity index (χ3n) is 5.28. The molecule has 26 heavy (non-hydrogen) atoms. The van der Waals surface area contributed by atoms with E-state index in [1.165, 1.54) is 18.3 Å². The van der Waals surface area contributed by atoms with Crippen molar-refractivity contribution in [2.75, 3.05) is 26.3 Å². The van der Waals surface area contributed by atoms with Crippen molar-refractivity contribution in [1.29, 1.82) is 5.26 Å². The summed E-state index contributed by atoms with van der Waals surface area (Å²) in [5.41, 5.74) is -1.46. The van der Waals surface area contributed by atoms with Crippen LogP contribution < -0.4 is 0 Å². The van der Waals surface area contributed by atoms with E-state index in [9.17, 15) is 21.6 Å². The van der Waals surface area contributed by atoms with E-state index < -0.39 is 27.5 Å². The Bertz CT molecular complexity index is 814. The molecule has 0 radical (unpaired) electrons. The van der Waals surface area contributed by atoms with Crippen LogP contribution in [0.1, 0.15) is 25.0 Å². The average molecular weight is 389 g/mol. The lowest BCUT2D eigenvalue weighted by atomic mass is 9.66. The molecule has 1 aromatic rings. The van der Waals surface area contributed by atoms with E-state index in [1.54, 1.807) is 6.07 Å². The average Bonchev–Trinajstić information content (AvgIpc) is 2.61. The molecular formula is C16H18F3N3O3S. The van der Waals surface area contributed by atoms with Gasteiger partial charge in [-0.1, -0.05) is 0 Å². The molecule has 3 heterocycles. The maximum absolute atomic E-state index is 13.6. The number of pyridine rings is 1. The zero-order valence-corrected chi connectivity index (χ0v) is 14.7. The largest absolute Gasteiger partial charge is 0.392 e. The van der Waals surface area contributed by atoms with Crippen molar-refractivity contribution in [1.82, 2.24) is 9.29 Å². The second kappa shape index (κ2) is 6.79. The number of rotatable bonds is 2. The van der Waals surface area contributed by atoms with Crippen LogP contribution in [0.3, 0.4) is 0 Å². The Labute approximate surface area is 149 Å². The van der Waals surface area contributed by atoms with Gasteiger partial charge in [0.25, 0.3) is 0 Å². The first-order chi connectivity index (χ1) is 12.2. The molecule has 0 aliphatic carbocycles. The summed E-state index contributed by atoms with van der Waals surface area (Å²) in [7, 11) is -4.11. The van der Waals surface area contributed by atoms with Gasteiger partial charge < -0.3 is 4.74 Å². The lowest BCUT2D eigenvalue weighted by Gasteiger charge is -2.50. The molecule has 1 atom stereocenters. The Hall–Kier alpha value is -1.70. The van der Waals surface area contributed by atoms with E-state index in [1.807, 2.05) is 0 Å². The van der Waals surface area contributed by atoms with Crippen molar-refractivity contribution in [2.24, 2.45) is 11.3 Å². The standard InChI is InChI=1S/C16H18F3N3O3S/c17-16(18,19)14-3-7-22(11-15(14)4-8-25-9-5-15)26(23,24)13-2-1-6-21-12(13)10-20/h1-2,6,14H,3-5,7-9,11H2/t14-/m1/s1. The Kier molecular flexibility index (Phi) is 4.98. The molecule has 142 valence electrons. The van der Waals surface area contributed by atoms with E-state index in [4.69, 9.17) is 10.00 Å². The van der Waals surface area contributed by atoms with Crippen LogP contribution in [0, 0.1) is 22.7 Å². The van der Waals surface area contributed by atoms with Gasteiger partial charge in [-0.15, -0.1) is 0 Å². The fourth-order valence-electron chi connectivity index (χ4n) is 3.94. The topological polar surface area (TPSA) is 83.3 Å². The van der Waals surface area contributed by atoms with Crippen LogP contribution >= 0.6 is 0 Å². The van der Waals surface area contributed by atoms with Crippen molar-refractivity contribution in [3.63, 3.8) is 0 Å². The first kappa shape index (κ1) is 19.1. The van der Waals surface area contributed by atoms with Gasteiger partial charge in [0, 0.05) is 37.9 Å². The highest BCUT2D eigenvalue weighted by molar-refractivity contribution is 7.89. The van der Waals surface area contributed by atoms with Gasteiger partial charge in [0.05, 0.1) is 5.92 Å². The molecule has 2 aliphatic heterocycles. The van der Waals surface area contributed by atoms with Crippen molar-refractivity contribution < 1.29 is 26.3 Å². The molecule has 3 rings (SSSR count). The summed E-state index contributed by atoms with van der Waals surface area (Å²) in [6.07, 6.45) is -3.08. The predicted molar refractivity (Wildman–Crippen MR) is 84.4 cm³/mol. The molecule has 0 bridgehead atoms. The zero-order chi connectivity index (χ0) is 19.0. The maximum Gasteiger partial charge on any atom is 0.392 e. The van der Waals surface area contributed by atoms with Gasteiger partial charge >= 0.3 is 6.18 Å². The lowest BCUT2D eigenvalue weighted by molar-refractivity contribution is -0.231. The lowest BCUT2D eigenvalue weighted by Crippen LogP contribution is -2.56. The Balaban J connectivity index is 1.97. The van der Waals surface area contributed by atoms with Crippen LogP contribution in [0.2, 0.25) is 0 Å². The molecule has 1 aromatic heterocycles. The second-order valence-corrected chi connectivity index (χ2v) is 8.56. The second-order valence-electron chi connectivity index (χ2n) is 6.66. The smallest absolute Gasteiger partial charge is 0.381 e. The molecule has 2 fully saturated rings. The number of ether oxygens (including phenoxy) is 1. The molecule has 0 unspecified atom stereocenters. The van der Waals surface area contributed by atoms with Gasteiger partial charge in [0.1, 0.15) is 11.0 Å². The number of sulfonamides is 1. The van der Waals surface area contributed by atoms with E-state index >= 15 is 0 Å². The highest BCUT2D eigenvalue weighted by Gasteiger charge is 2.57. The predicted octanol–water partition coefficient (Wildman–Crippen LogP) is 2.32. The summed E-state index contributed by atoms with van der Waals surface area (Å²) in [5.74, 6) is -1.56. The minimum Gasteiger partial charge on any atom is -0.381 e. The number of halogens is 3. The minimum absolute atomic E-state index is 0.154. The Morgan fingerprint density at radius 3 is 2.65 bits per heavy atom. The molecule has 10 heteroatoms. The molecule has 1 spiro atoms. The number of hydrogen-bond acceptors (Lipinski definition) is 5. The molecule has 0 aromatic carbocycles. The quantitative estimate of drug-likeness (QED) is 0.775. The van der Waals surface area contributed by atoms with Gasteiger partial charge in [0.15, 0.2) is 5.69 Å². The Morgan fingerprint density at radius 1 is 1.35 bits per heavy atom. The molecule has 6 nitrogen and oxygen atoms in total. The van der Waals surface area contributed by atoms with E-state index in [2.05, 4.69) is 4.98 Å². The summed E-state index contributed by atoms with van der Waals surface area (Å²) in [4.78, 5) is 3.48. The van der Waals surface area contributed by atoms with Crippen LogP contribution in [-0.2, 0) is 14.8 Å². The third kappa shape index (κ3) is 3.31. The number of alkyl halides is 3. The monoisotopic (exact) mass is 389 g/mol. The number of piperidine rings is 1. The van der Waals surface area contributed by atoms with Gasteiger partial charge in [-0.25, -0.2) is 13.4 Å². The SMILES string of the molecule is N#Cc1ncccc1S(=O)(=O)N1CC[C@@H](C(F)(F)F)C2(CCOCC2)C1. The highest BCUT2D eigenvalue weighted by atomic mass is 32.2. The van der Waals surface area contributed by atoms with Crippen LogP contribution in [0.25, 0.3) is 0 Å². The third-order valence-corrected chi connectivity index (χ3v) is 7.15. The molecule has 2 aliphatic rings. The first-order valence-corrected chi connectivity index (χ1v) is 9.64. The fraction of sp³-hybridized carbons (Fsp3) is 0.625. The summed E-state index contributed by atoms with van der Waals surface area (Å²) >= 11 is 0. The zero-order valence-electron chi connectivity index (χ0n) is 13.9. The van der Waals surface area contributed by atoms with Gasteiger partial charge in [-0.3, -0.25) is 0 Å². The number of nitrogens with zero attached hydrogens (tertiary/aromatic N) is 3. The molecule has 0 N–H and O–H groups in total. The minimum atomic E-state index is -4.39. The summed E-state index contributed by atoms with van der Waals surface area (Å²) in [5, 5.41) is 9.11. The van der Waals surface area contributed by atoms with Gasteiger partial charge in [-0.05, 0) is 31.4 Å². The van der Waals surface area contributed by atoms with E-state index in [0.29, 0.717) is 0 Å². The normalized spacial score (nSPS) is 24.3. The van der Waals surface area contributed by atoms with E-state index in [-0.39, 0.29) is 56.2 Å². The highest BCUT2D eigenvalue weighted by Crippen LogP contribution is 2.51. The number of nitriles is 1. The van der Waals surface area contributed by atoms with Gasteiger partial charge in [0.2, 0.25) is 10.0 Å². The molecular weight excluding hydrogens is 371 g/mol. The van der Waals surface area contributed by atoms with E-state index in [0.717, 1.165) is 4.31 Å². The first-order valence-electron chi connectivity index (χ1n) is 8.20. The summed E-state index contributed by atoms with van der Waals surface area (Å²) in [6, 6.07) is 4.37. The molecule has 0 saturated carbocycles. The maximum atomic E-state index is 13.6. The van der Waals surface area contributed by atoms with Crippen LogP contribution in [0.15, 0.2) is 23.2 Å². The van der Waals surface area contributed by atoms with Crippen LogP contribution in [0.5, 0.6) is 0 Å². The summed E-state index contributed by atoms with van der Waals surface area (Å²) in [6.45, 7) is -0.120. The summed E-state index contributed by atoms with van der Waals surface area (Å²) < 4.78 is 72.9. The van der Waals surface area contributed by atoms with Gasteiger partial charge in [-0.2, -0.15) is 22.7 Å². The van der Waals surface area contributed by atoms with Crippen molar-refractivity contribution in [3.05, 3.63) is 24.0 Å². The number of hydrogen-bond donors (Lipinski definition) is 0. The Morgan fingerprint density at radius 2 is 2.04 bits per heavy atom. The number of aromatic nitrogens is 1. The fourth-order valence-corrected chi connectivity index (χ4v) is 5.59. The van der Waals surface area contributed by atoms with Crippen LogP contribution in [0.4, 0.5) is 13.2 Å². The molecule has 2 saturated heterocycles. The van der Waals surface area contributed by atoms with Crippen molar-refractivity contribution in [3.8, 4) is 6.07 Å². The van der Waals surface area contributed by atoms with Crippen molar-refractivity contribution in [2.45, 2.75) is 30.3 Å². The molecule has 0 amide bonds. The van der Waals surface area contributed by atoms with Crippen LogP contribution in [-0.4, -0.2) is 50.2 Å².